The minimum absolute atomic E-state index is 1.23. The SMILES string of the molecule is CCCCCCCCCCCCCCCCCCn1cc[n+](CCCCCCCCCCCCCCCCC)c1CCCC. The smallest absolute Gasteiger partial charge is 0.234 e. The first-order chi connectivity index (χ1) is 21.8. The van der Waals surface area contributed by atoms with Gasteiger partial charge in [-0.15, -0.1) is 0 Å². The summed E-state index contributed by atoms with van der Waals surface area (Å²) < 4.78 is 5.20. The molecule has 1 aromatic rings. The monoisotopic (exact) mass is 616 g/mol. The van der Waals surface area contributed by atoms with E-state index in [4.69, 9.17) is 0 Å². The van der Waals surface area contributed by atoms with Crippen molar-refractivity contribution in [2.45, 2.75) is 252 Å². The van der Waals surface area contributed by atoms with E-state index in [1.54, 1.807) is 5.82 Å². The van der Waals surface area contributed by atoms with Crippen molar-refractivity contribution in [3.63, 3.8) is 0 Å². The third kappa shape index (κ3) is 25.4. The fourth-order valence-corrected chi connectivity index (χ4v) is 7.01. The molecule has 0 spiro atoms. The van der Waals surface area contributed by atoms with Gasteiger partial charge in [0, 0.05) is 6.42 Å². The van der Waals surface area contributed by atoms with Gasteiger partial charge in [0.25, 0.3) is 5.82 Å². The third-order valence-corrected chi connectivity index (χ3v) is 10.1. The van der Waals surface area contributed by atoms with Gasteiger partial charge < -0.3 is 0 Å². The van der Waals surface area contributed by atoms with Crippen molar-refractivity contribution in [3.8, 4) is 0 Å². The molecule has 0 bridgehead atoms. The lowest BCUT2D eigenvalue weighted by Gasteiger charge is -2.06. The fourth-order valence-electron chi connectivity index (χ4n) is 7.01. The lowest BCUT2D eigenvalue weighted by molar-refractivity contribution is -0.704. The van der Waals surface area contributed by atoms with Crippen LogP contribution in [0, 0.1) is 0 Å². The molecule has 0 aliphatic carbocycles. The predicted molar refractivity (Wildman–Crippen MR) is 198 cm³/mol. The summed E-state index contributed by atoms with van der Waals surface area (Å²) in [7, 11) is 0. The number of aromatic nitrogens is 2. The molecule has 44 heavy (non-hydrogen) atoms. The molecule has 2 heteroatoms. The Hall–Kier alpha value is -0.790. The molecule has 2 nitrogen and oxygen atoms in total. The Labute approximate surface area is 279 Å². The molecule has 0 saturated heterocycles. The molecule has 0 saturated carbocycles. The predicted octanol–water partition coefficient (Wildman–Crippen LogP) is 14.3. The highest BCUT2D eigenvalue weighted by Gasteiger charge is 2.16. The summed E-state index contributed by atoms with van der Waals surface area (Å²) in [6, 6.07) is 0. The van der Waals surface area contributed by atoms with Crippen molar-refractivity contribution in [2.24, 2.45) is 0 Å². The van der Waals surface area contributed by atoms with Crippen LogP contribution in [0.25, 0.3) is 0 Å². The quantitative estimate of drug-likeness (QED) is 0.0524. The van der Waals surface area contributed by atoms with Crippen LogP contribution in [-0.2, 0) is 19.5 Å². The highest BCUT2D eigenvalue weighted by Crippen LogP contribution is 2.16. The van der Waals surface area contributed by atoms with Crippen LogP contribution in [0.15, 0.2) is 12.4 Å². The molecule has 0 aliphatic heterocycles. The van der Waals surface area contributed by atoms with Gasteiger partial charge in [0.05, 0.1) is 13.1 Å². The van der Waals surface area contributed by atoms with Crippen molar-refractivity contribution in [1.82, 2.24) is 4.57 Å². The molecular weight excluding hydrogens is 532 g/mol. The maximum atomic E-state index is 2.60. The molecule has 0 N–H and O–H groups in total. The van der Waals surface area contributed by atoms with E-state index in [-0.39, 0.29) is 0 Å². The summed E-state index contributed by atoms with van der Waals surface area (Å²) in [4.78, 5) is 0. The molecule has 0 fully saturated rings. The van der Waals surface area contributed by atoms with E-state index in [9.17, 15) is 0 Å². The topological polar surface area (TPSA) is 8.81 Å². The van der Waals surface area contributed by atoms with E-state index >= 15 is 0 Å². The van der Waals surface area contributed by atoms with Gasteiger partial charge in [0.15, 0.2) is 0 Å². The van der Waals surface area contributed by atoms with Gasteiger partial charge in [0.1, 0.15) is 12.4 Å². The number of rotatable bonds is 36. The molecule has 0 radical (unpaired) electrons. The minimum Gasteiger partial charge on any atom is -0.234 e. The van der Waals surface area contributed by atoms with Crippen LogP contribution in [0.3, 0.4) is 0 Å². The van der Waals surface area contributed by atoms with Crippen LogP contribution >= 0.6 is 0 Å². The van der Waals surface area contributed by atoms with E-state index in [0.29, 0.717) is 0 Å². The largest absolute Gasteiger partial charge is 0.256 e. The molecule has 0 amide bonds. The zero-order chi connectivity index (χ0) is 31.6. The lowest BCUT2D eigenvalue weighted by atomic mass is 10.0. The number of nitrogens with zero attached hydrogens (tertiary/aromatic N) is 2. The van der Waals surface area contributed by atoms with Crippen molar-refractivity contribution in [3.05, 3.63) is 18.2 Å². The maximum Gasteiger partial charge on any atom is 0.256 e. The van der Waals surface area contributed by atoms with Gasteiger partial charge in [-0.05, 0) is 32.1 Å². The number of hydrogen-bond donors (Lipinski definition) is 0. The van der Waals surface area contributed by atoms with Gasteiger partial charge in [-0.25, -0.2) is 9.13 Å². The third-order valence-electron chi connectivity index (χ3n) is 10.1. The Bertz CT molecular complexity index is 677. The van der Waals surface area contributed by atoms with Crippen molar-refractivity contribution < 1.29 is 4.57 Å². The Balaban J connectivity index is 2.02. The molecule has 0 unspecified atom stereocenters. The van der Waals surface area contributed by atoms with Gasteiger partial charge in [-0.3, -0.25) is 0 Å². The summed E-state index contributed by atoms with van der Waals surface area (Å²) in [5.74, 6) is 1.60. The summed E-state index contributed by atoms with van der Waals surface area (Å²) in [5, 5.41) is 0. The van der Waals surface area contributed by atoms with Crippen LogP contribution in [0.1, 0.15) is 238 Å². The minimum atomic E-state index is 1.23. The number of unbranched alkanes of at least 4 members (excludes halogenated alkanes) is 30. The van der Waals surface area contributed by atoms with E-state index in [0.717, 1.165) is 0 Å². The Kier molecular flexibility index (Phi) is 31.5. The number of aryl methyl sites for hydroxylation is 2. The molecule has 1 aromatic heterocycles. The van der Waals surface area contributed by atoms with E-state index in [1.165, 1.54) is 231 Å². The van der Waals surface area contributed by atoms with Gasteiger partial charge >= 0.3 is 0 Å². The van der Waals surface area contributed by atoms with Crippen LogP contribution in [0.5, 0.6) is 0 Å². The first-order valence-corrected chi connectivity index (χ1v) is 20.9. The van der Waals surface area contributed by atoms with Crippen molar-refractivity contribution in [2.75, 3.05) is 0 Å². The lowest BCUT2D eigenvalue weighted by Crippen LogP contribution is -2.37. The molecule has 260 valence electrons. The van der Waals surface area contributed by atoms with Gasteiger partial charge in [0.2, 0.25) is 0 Å². The van der Waals surface area contributed by atoms with Gasteiger partial charge in [-0.1, -0.05) is 201 Å². The van der Waals surface area contributed by atoms with E-state index in [1.807, 2.05) is 0 Å². The molecule has 0 atom stereocenters. The second-order valence-electron chi connectivity index (χ2n) is 14.5. The van der Waals surface area contributed by atoms with Crippen LogP contribution in [-0.4, -0.2) is 4.57 Å². The average Bonchev–Trinajstić information content (AvgIpc) is 3.42. The first kappa shape index (κ1) is 41.2. The Morgan fingerprint density at radius 1 is 0.386 bits per heavy atom. The number of hydrogen-bond acceptors (Lipinski definition) is 0. The average molecular weight is 616 g/mol. The van der Waals surface area contributed by atoms with E-state index in [2.05, 4.69) is 42.3 Å². The summed E-state index contributed by atoms with van der Waals surface area (Å²) in [6.45, 7) is 9.40. The fraction of sp³-hybridized carbons (Fsp3) is 0.929. The highest BCUT2D eigenvalue weighted by molar-refractivity contribution is 4.84. The van der Waals surface area contributed by atoms with Crippen LogP contribution < -0.4 is 4.57 Å². The van der Waals surface area contributed by atoms with Crippen molar-refractivity contribution in [1.29, 1.82) is 0 Å². The Morgan fingerprint density at radius 3 is 1.07 bits per heavy atom. The van der Waals surface area contributed by atoms with Crippen LogP contribution in [0.4, 0.5) is 0 Å². The van der Waals surface area contributed by atoms with Crippen molar-refractivity contribution >= 4 is 0 Å². The highest BCUT2D eigenvalue weighted by atomic mass is 15.1. The second-order valence-corrected chi connectivity index (χ2v) is 14.5. The normalized spacial score (nSPS) is 11.6. The Morgan fingerprint density at radius 2 is 0.705 bits per heavy atom. The summed E-state index contributed by atoms with van der Waals surface area (Å²) in [5.41, 5.74) is 0. The first-order valence-electron chi connectivity index (χ1n) is 20.9. The van der Waals surface area contributed by atoms with Crippen LogP contribution in [0.2, 0.25) is 0 Å². The summed E-state index contributed by atoms with van der Waals surface area (Å²) >= 11 is 0. The zero-order valence-electron chi connectivity index (χ0n) is 31.0. The molecule has 0 aliphatic rings. The molecule has 1 heterocycles. The molecule has 1 rings (SSSR count). The standard InChI is InChI=1S/C42H83N2/c1-4-7-10-12-14-16-18-20-22-24-26-28-30-32-34-36-39-44-41-40-43(42(44)37-9-6-3)38-35-33-31-29-27-25-23-21-19-17-15-13-11-8-5-2/h40-41H,4-39H2,1-3H3/q+1. The second kappa shape index (κ2) is 33.6. The summed E-state index contributed by atoms with van der Waals surface area (Å²) in [6.07, 6.45) is 53.5. The zero-order valence-corrected chi connectivity index (χ0v) is 31.0. The number of imidazole rings is 1. The van der Waals surface area contributed by atoms with E-state index < -0.39 is 0 Å². The molecule has 0 aromatic carbocycles. The molecular formula is C42H83N2+. The van der Waals surface area contributed by atoms with Gasteiger partial charge in [-0.2, -0.15) is 0 Å². The maximum absolute atomic E-state index is 2.60.